The summed E-state index contributed by atoms with van der Waals surface area (Å²) in [6.45, 7) is 26.5. The minimum atomic E-state index is -1.10. The molecule has 1 spiro atoms. The smallest absolute Gasteiger partial charge is 0.365 e. The Kier molecular flexibility index (Phi) is 16.1. The van der Waals surface area contributed by atoms with Gasteiger partial charge in [-0.25, -0.2) is 81.7 Å². The Morgan fingerprint density at radius 2 is 0.537 bits per heavy atom. The molecule has 0 amide bonds. The van der Waals surface area contributed by atoms with Gasteiger partial charge in [0.25, 0.3) is 0 Å². The summed E-state index contributed by atoms with van der Waals surface area (Å²) < 4.78 is 44.2. The van der Waals surface area contributed by atoms with E-state index in [1.165, 1.54) is 42.5 Å². The van der Waals surface area contributed by atoms with E-state index in [1.807, 2.05) is 72.8 Å². The molecule has 0 saturated heterocycles. The van der Waals surface area contributed by atoms with E-state index in [1.54, 1.807) is 72.8 Å². The highest BCUT2D eigenvalue weighted by atomic mass is 16.6. The maximum absolute atomic E-state index is 12.7. The number of esters is 12. The Morgan fingerprint density at radius 3 is 0.868 bits per heavy atom. The van der Waals surface area contributed by atoms with Gasteiger partial charge in [0.15, 0.2) is 11.0 Å². The Balaban J connectivity index is 0.000000111. The normalized spacial score (nSPS) is 15.1. The van der Waals surface area contributed by atoms with Crippen LogP contribution in [0.1, 0.15) is 208 Å². The van der Waals surface area contributed by atoms with Crippen LogP contribution in [0.5, 0.6) is 11.5 Å². The van der Waals surface area contributed by atoms with Gasteiger partial charge in [0, 0.05) is 27.5 Å². The second-order valence-corrected chi connectivity index (χ2v) is 28.5. The minimum absolute atomic E-state index is 0.0294. The number of hydrogen-bond acceptors (Lipinski definition) is 26. The SMILES string of the molecule is C=Cc1c2c(=O)oc(=O)c2nc2c(=O)oc(=O)c12.C=Cc1cc2c3c(c(C=C)cc4c3c1C(=O)OC4=O)C(=O)OC2=O.C=Cc1ccc2c(c1)C(c1ccc3c(c1)C(=O)OC3=O)(c1ccc3c(c1)C(=O)OC3=O)c1cc(C=C)ccc1-2.C=Cc1ccc2c(c1)C1(c3cc4c(cc3Oc3cc5c(cc31)C(=O)OC5=O)C(=O)OC4=O)c1cc(C=C)ccc1-2. The first kappa shape index (κ1) is 73.9. The van der Waals surface area contributed by atoms with E-state index < -0.39 is 105 Å². The van der Waals surface area contributed by atoms with E-state index in [-0.39, 0.29) is 105 Å². The summed E-state index contributed by atoms with van der Waals surface area (Å²) in [6, 6.07) is 43.3. The van der Waals surface area contributed by atoms with Gasteiger partial charge in [-0.15, -0.1) is 0 Å². The molecule has 26 nitrogen and oxygen atoms in total. The average Bonchev–Trinajstić information content (AvgIpc) is 1.53. The maximum Gasteiger partial charge on any atom is 0.365 e. The molecular formula is C95H45NO25. The van der Waals surface area contributed by atoms with Crippen LogP contribution in [-0.2, 0) is 39.3 Å². The van der Waals surface area contributed by atoms with Crippen molar-refractivity contribution in [2.24, 2.45) is 0 Å². The van der Waals surface area contributed by atoms with E-state index in [0.29, 0.717) is 44.9 Å². The van der Waals surface area contributed by atoms with Crippen molar-refractivity contribution in [3.05, 3.63) is 384 Å². The first-order valence-electron chi connectivity index (χ1n) is 36.4. The molecule has 0 N–H and O–H groups in total. The number of fused-ring (bicyclic) bond motifs is 18. The third-order valence-electron chi connectivity index (χ3n) is 22.7. The monoisotopic (exact) mass is 1600 g/mol. The van der Waals surface area contributed by atoms with Crippen LogP contribution in [0.25, 0.3) is 97.4 Å². The number of benzene rings is 10. The van der Waals surface area contributed by atoms with Gasteiger partial charge >= 0.3 is 94.1 Å². The van der Waals surface area contributed by atoms with E-state index in [0.717, 1.165) is 66.8 Å². The molecule has 0 radical (unpaired) electrons. The molecule has 0 bridgehead atoms. The van der Waals surface area contributed by atoms with E-state index in [9.17, 15) is 76.7 Å². The van der Waals surface area contributed by atoms with Crippen molar-refractivity contribution < 1.29 is 99.5 Å². The molecule has 580 valence electrons. The lowest BCUT2D eigenvalue weighted by molar-refractivity contribution is 0.0365. The number of furan rings is 2. The summed E-state index contributed by atoms with van der Waals surface area (Å²) >= 11 is 0. The van der Waals surface area contributed by atoms with Gasteiger partial charge in [-0.1, -0.05) is 149 Å². The molecule has 0 fully saturated rings. The van der Waals surface area contributed by atoms with Crippen LogP contribution in [0.15, 0.2) is 220 Å². The van der Waals surface area contributed by atoms with Gasteiger partial charge in [-0.3, -0.25) is 0 Å². The fourth-order valence-electron chi connectivity index (χ4n) is 17.5. The lowest BCUT2D eigenvalue weighted by Gasteiger charge is -2.40. The van der Waals surface area contributed by atoms with Crippen molar-refractivity contribution in [1.29, 1.82) is 0 Å². The molecular weight excluding hydrogens is 1560 g/mol. The lowest BCUT2D eigenvalue weighted by atomic mass is 9.65. The average molecular weight is 1600 g/mol. The number of pyridine rings is 1. The van der Waals surface area contributed by atoms with E-state index >= 15 is 0 Å². The summed E-state index contributed by atoms with van der Waals surface area (Å²) in [5, 5.41) is 0.0734. The molecule has 121 heavy (non-hydrogen) atoms. The number of nitrogens with zero attached hydrogens (tertiary/aromatic N) is 1. The molecule has 22 rings (SSSR count). The standard InChI is InChI=1S/C33H16O7.C33H18O6.C18H8O6.C11H3NO6/c1-3-15-5-7-17-18-8-6-16(4-2)10-24(18)33(23(17)9-15)25-11-19-21(31(36)39-29(19)34)13-27(25)38-28-14-22-20(12-26(28)33)30(35)40-32(22)37;1-3-17-5-9-21-22-10-6-18(4-2)14-28(22)33(27(21)13-17,19-7-11-23-25(15-19)31(36)38-29(23)34)20-8-12-24-26(16-20)32(37)39-30(24)35;1-3-7-5-9-14-12(18(22)24-15(9)19)8(4-2)6-10-13(14)11(7)17(21)23-16(10)20;1-2-3-4-6(10(15)17-8(4)13)12-7-5(3)9(14)18-11(7)16/h3-14H,1-2H2;3-16H,1-2H2;3-6H,1-2H2;2H,1H2. The van der Waals surface area contributed by atoms with Gasteiger partial charge in [-0.05, 0) is 174 Å². The van der Waals surface area contributed by atoms with Gasteiger partial charge in [0.2, 0.25) is 0 Å². The molecule has 0 saturated carbocycles. The maximum atomic E-state index is 12.7. The summed E-state index contributed by atoms with van der Waals surface area (Å²) in [4.78, 5) is 198. The van der Waals surface area contributed by atoms with Crippen LogP contribution in [0.4, 0.5) is 0 Å². The molecule has 10 heterocycles. The number of cyclic esters (lactones) is 12. The number of ether oxygens (including phenoxy) is 7. The zero-order valence-electron chi connectivity index (χ0n) is 62.0. The van der Waals surface area contributed by atoms with Crippen molar-refractivity contribution in [1.82, 2.24) is 4.98 Å². The molecule has 26 heteroatoms. The third kappa shape index (κ3) is 10.3. The molecule has 7 aliphatic heterocycles. The zero-order chi connectivity index (χ0) is 84.7. The second kappa shape index (κ2) is 26.4. The van der Waals surface area contributed by atoms with Crippen LogP contribution in [0, 0.1) is 0 Å². The van der Waals surface area contributed by atoms with Crippen molar-refractivity contribution in [3.8, 4) is 33.8 Å². The lowest BCUT2D eigenvalue weighted by Crippen LogP contribution is -2.33. The van der Waals surface area contributed by atoms with Crippen LogP contribution in [0.2, 0.25) is 0 Å². The van der Waals surface area contributed by atoms with Crippen molar-refractivity contribution >= 4 is 147 Å². The minimum Gasteiger partial charge on any atom is -0.457 e. The van der Waals surface area contributed by atoms with Crippen molar-refractivity contribution in [2.45, 2.75) is 10.8 Å². The number of carbonyl (C=O) groups excluding carboxylic acids is 12. The molecule has 13 aromatic rings. The Bertz CT molecular complexity index is 7270. The number of rotatable bonds is 9. The van der Waals surface area contributed by atoms with Crippen LogP contribution in [0.3, 0.4) is 0 Å². The van der Waals surface area contributed by atoms with Crippen molar-refractivity contribution in [3.63, 3.8) is 0 Å². The van der Waals surface area contributed by atoms with Crippen LogP contribution < -0.4 is 27.2 Å². The highest BCUT2D eigenvalue weighted by Gasteiger charge is 2.55. The van der Waals surface area contributed by atoms with Gasteiger partial charge in [0.1, 0.15) is 22.3 Å². The Hall–Kier alpha value is -17.3. The van der Waals surface area contributed by atoms with Gasteiger partial charge in [0.05, 0.1) is 77.6 Å². The summed E-state index contributed by atoms with van der Waals surface area (Å²) in [6.07, 6.45) is 10.9. The highest BCUT2D eigenvalue weighted by molar-refractivity contribution is 6.31. The summed E-state index contributed by atoms with van der Waals surface area (Å²) in [5.74, 6) is -8.57. The second-order valence-electron chi connectivity index (χ2n) is 28.5. The predicted molar refractivity (Wildman–Crippen MR) is 432 cm³/mol. The van der Waals surface area contributed by atoms with Crippen molar-refractivity contribution in [2.75, 3.05) is 0 Å². The number of aromatic nitrogens is 1. The van der Waals surface area contributed by atoms with Crippen LogP contribution >= 0.6 is 0 Å². The van der Waals surface area contributed by atoms with Gasteiger partial charge < -0.3 is 42.0 Å². The van der Waals surface area contributed by atoms with Gasteiger partial charge in [-0.2, -0.15) is 0 Å². The largest absolute Gasteiger partial charge is 0.457 e. The molecule has 3 aromatic heterocycles. The highest BCUT2D eigenvalue weighted by Crippen LogP contribution is 2.64. The first-order chi connectivity index (χ1) is 58.2. The quantitative estimate of drug-likeness (QED) is 0.0735. The van der Waals surface area contributed by atoms with E-state index in [4.69, 9.17) is 33.2 Å². The fourth-order valence-corrected chi connectivity index (χ4v) is 17.5. The molecule has 0 atom stereocenters. The molecule has 9 aliphatic rings. The molecule has 2 aliphatic carbocycles. The third-order valence-corrected chi connectivity index (χ3v) is 22.7. The van der Waals surface area contributed by atoms with E-state index in [2.05, 4.69) is 59.9 Å². The predicted octanol–water partition coefficient (Wildman–Crippen LogP) is 14.3. The summed E-state index contributed by atoms with van der Waals surface area (Å²) in [5.41, 5.74) is 9.01. The molecule has 10 aromatic carbocycles. The fraction of sp³-hybridized carbons (Fsp3) is 0.0211. The topological polar surface area (TPSA) is 377 Å². The summed E-state index contributed by atoms with van der Waals surface area (Å²) in [7, 11) is 0. The Morgan fingerprint density at radius 1 is 0.240 bits per heavy atom. The Labute approximate surface area is 676 Å². The number of hydrogen-bond donors (Lipinski definition) is 0. The number of carbonyl (C=O) groups is 12. The zero-order valence-corrected chi connectivity index (χ0v) is 62.0. The van der Waals surface area contributed by atoms with Crippen LogP contribution in [-0.4, -0.2) is 76.6 Å². The first-order valence-corrected chi connectivity index (χ1v) is 36.4. The molecule has 0 unspecified atom stereocenters.